The van der Waals surface area contributed by atoms with Gasteiger partial charge in [-0.3, -0.25) is 4.79 Å². The van der Waals surface area contributed by atoms with E-state index in [-0.39, 0.29) is 12.5 Å². The minimum absolute atomic E-state index is 0.124. The van der Waals surface area contributed by atoms with Gasteiger partial charge in [0, 0.05) is 12.3 Å². The van der Waals surface area contributed by atoms with E-state index in [1.54, 1.807) is 12.1 Å². The Bertz CT molecular complexity index is 536. The number of carbonyl (C=O) groups is 1. The molecule has 3 nitrogen and oxygen atoms in total. The summed E-state index contributed by atoms with van der Waals surface area (Å²) in [4.78, 5) is 12.4. The summed E-state index contributed by atoms with van der Waals surface area (Å²) in [5, 5.41) is 11.6. The van der Waals surface area contributed by atoms with E-state index >= 15 is 0 Å². The molecule has 2 N–H and O–H groups in total. The molecule has 0 radical (unpaired) electrons. The molecule has 1 aromatic heterocycles. The van der Waals surface area contributed by atoms with Gasteiger partial charge in [0.2, 0.25) is 0 Å². The third kappa shape index (κ3) is 3.32. The Hall–Kier alpha value is -1.36. The van der Waals surface area contributed by atoms with E-state index < -0.39 is 0 Å². The molecule has 94 valence electrons. The van der Waals surface area contributed by atoms with Crippen LogP contribution in [0.1, 0.15) is 15.2 Å². The molecule has 0 saturated heterocycles. The van der Waals surface area contributed by atoms with Crippen molar-refractivity contribution >= 4 is 34.5 Å². The number of aliphatic hydroxyl groups excluding tert-OH is 1. The van der Waals surface area contributed by atoms with Gasteiger partial charge in [-0.25, -0.2) is 0 Å². The van der Waals surface area contributed by atoms with Crippen LogP contribution in [0.5, 0.6) is 0 Å². The van der Waals surface area contributed by atoms with Gasteiger partial charge in [0.05, 0.1) is 9.21 Å². The first-order valence-electron chi connectivity index (χ1n) is 5.45. The lowest BCUT2D eigenvalue weighted by molar-refractivity contribution is 0.103. The largest absolute Gasteiger partial charge is 0.396 e. The molecular formula is C13H12ClNO2S. The Morgan fingerprint density at radius 2 is 1.94 bits per heavy atom. The fraction of sp³-hybridized carbons (Fsp3) is 0.154. The van der Waals surface area contributed by atoms with E-state index in [2.05, 4.69) is 5.32 Å². The normalized spacial score (nSPS) is 10.3. The maximum atomic E-state index is 11.8. The van der Waals surface area contributed by atoms with Gasteiger partial charge in [0.15, 0.2) is 0 Å². The average Bonchev–Trinajstić information content (AvgIpc) is 2.79. The van der Waals surface area contributed by atoms with Crippen molar-refractivity contribution in [2.45, 2.75) is 6.42 Å². The number of rotatable bonds is 4. The SMILES string of the molecule is O=C(Nc1ccc(CCO)cc1)c1ccc(Cl)s1. The maximum absolute atomic E-state index is 11.8. The third-order valence-electron chi connectivity index (χ3n) is 2.41. The first-order chi connectivity index (χ1) is 8.69. The number of hydrogen-bond acceptors (Lipinski definition) is 3. The number of halogens is 1. The van der Waals surface area contributed by atoms with E-state index in [4.69, 9.17) is 16.7 Å². The van der Waals surface area contributed by atoms with Crippen molar-refractivity contribution in [2.24, 2.45) is 0 Å². The van der Waals surface area contributed by atoms with Gasteiger partial charge in [-0.15, -0.1) is 11.3 Å². The van der Waals surface area contributed by atoms with E-state index in [0.717, 1.165) is 11.3 Å². The van der Waals surface area contributed by atoms with Crippen LogP contribution in [-0.2, 0) is 6.42 Å². The molecule has 2 aromatic rings. The van der Waals surface area contributed by atoms with Crippen LogP contribution in [0.15, 0.2) is 36.4 Å². The number of thiophene rings is 1. The highest BCUT2D eigenvalue weighted by atomic mass is 35.5. The highest BCUT2D eigenvalue weighted by molar-refractivity contribution is 7.18. The molecule has 0 unspecified atom stereocenters. The number of hydrogen-bond donors (Lipinski definition) is 2. The van der Waals surface area contributed by atoms with Crippen molar-refractivity contribution in [3.8, 4) is 0 Å². The Kier molecular flexibility index (Phi) is 4.36. The first kappa shape index (κ1) is 13.1. The summed E-state index contributed by atoms with van der Waals surface area (Å²) < 4.78 is 0.596. The Morgan fingerprint density at radius 3 is 2.50 bits per heavy atom. The number of benzene rings is 1. The summed E-state index contributed by atoms with van der Waals surface area (Å²) in [5.41, 5.74) is 1.76. The summed E-state index contributed by atoms with van der Waals surface area (Å²) in [6, 6.07) is 10.8. The Morgan fingerprint density at radius 1 is 1.22 bits per heavy atom. The summed E-state index contributed by atoms with van der Waals surface area (Å²) >= 11 is 7.02. The van der Waals surface area contributed by atoms with Gasteiger partial charge in [0.1, 0.15) is 0 Å². The van der Waals surface area contributed by atoms with Gasteiger partial charge < -0.3 is 10.4 Å². The van der Waals surface area contributed by atoms with E-state index in [9.17, 15) is 4.79 Å². The fourth-order valence-electron chi connectivity index (χ4n) is 1.51. The Labute approximate surface area is 114 Å². The highest BCUT2D eigenvalue weighted by Gasteiger charge is 2.08. The predicted molar refractivity (Wildman–Crippen MR) is 74.5 cm³/mol. The van der Waals surface area contributed by atoms with Crippen molar-refractivity contribution < 1.29 is 9.90 Å². The molecule has 18 heavy (non-hydrogen) atoms. The summed E-state index contributed by atoms with van der Waals surface area (Å²) in [7, 11) is 0. The van der Waals surface area contributed by atoms with Gasteiger partial charge in [0.25, 0.3) is 5.91 Å². The van der Waals surface area contributed by atoms with Crippen LogP contribution < -0.4 is 5.32 Å². The second kappa shape index (κ2) is 6.00. The molecule has 0 fully saturated rings. The number of carbonyl (C=O) groups excluding carboxylic acids is 1. The standard InChI is InChI=1S/C13H12ClNO2S/c14-12-6-5-11(18-12)13(17)15-10-3-1-9(2-4-10)7-8-16/h1-6,16H,7-8H2,(H,15,17). The smallest absolute Gasteiger partial charge is 0.265 e. The zero-order valence-electron chi connectivity index (χ0n) is 9.52. The number of nitrogens with one attached hydrogen (secondary N) is 1. The molecule has 1 amide bonds. The lowest BCUT2D eigenvalue weighted by atomic mass is 10.1. The Balaban J connectivity index is 2.03. The molecule has 0 atom stereocenters. The molecule has 1 aromatic carbocycles. The second-order valence-electron chi connectivity index (χ2n) is 3.73. The van der Waals surface area contributed by atoms with Gasteiger partial charge >= 0.3 is 0 Å². The van der Waals surface area contributed by atoms with Gasteiger partial charge in [-0.1, -0.05) is 23.7 Å². The predicted octanol–water partition coefficient (Wildman–Crippen LogP) is 3.19. The zero-order chi connectivity index (χ0) is 13.0. The van der Waals surface area contributed by atoms with Crippen molar-refractivity contribution in [2.75, 3.05) is 11.9 Å². The van der Waals surface area contributed by atoms with E-state index in [0.29, 0.717) is 15.6 Å². The van der Waals surface area contributed by atoms with E-state index in [1.807, 2.05) is 24.3 Å². The summed E-state index contributed by atoms with van der Waals surface area (Å²) in [5.74, 6) is -0.165. The first-order valence-corrected chi connectivity index (χ1v) is 6.65. The minimum Gasteiger partial charge on any atom is -0.396 e. The van der Waals surface area contributed by atoms with Crippen LogP contribution in [0.4, 0.5) is 5.69 Å². The third-order valence-corrected chi connectivity index (χ3v) is 3.64. The molecule has 0 aliphatic rings. The second-order valence-corrected chi connectivity index (χ2v) is 5.44. The molecule has 0 bridgehead atoms. The van der Waals surface area contributed by atoms with Crippen LogP contribution in [0.3, 0.4) is 0 Å². The molecular weight excluding hydrogens is 270 g/mol. The fourth-order valence-corrected chi connectivity index (χ4v) is 2.45. The monoisotopic (exact) mass is 281 g/mol. The molecule has 0 aliphatic carbocycles. The zero-order valence-corrected chi connectivity index (χ0v) is 11.1. The maximum Gasteiger partial charge on any atom is 0.265 e. The number of aliphatic hydroxyl groups is 1. The number of amides is 1. The van der Waals surface area contributed by atoms with Crippen LogP contribution in [0.25, 0.3) is 0 Å². The lowest BCUT2D eigenvalue weighted by Crippen LogP contribution is -2.09. The van der Waals surface area contributed by atoms with Crippen LogP contribution in [-0.4, -0.2) is 17.6 Å². The van der Waals surface area contributed by atoms with Gasteiger partial charge in [-0.05, 0) is 36.2 Å². The molecule has 0 aliphatic heterocycles. The molecule has 0 spiro atoms. The number of anilines is 1. The van der Waals surface area contributed by atoms with Crippen molar-refractivity contribution in [3.63, 3.8) is 0 Å². The van der Waals surface area contributed by atoms with Crippen molar-refractivity contribution in [3.05, 3.63) is 51.2 Å². The highest BCUT2D eigenvalue weighted by Crippen LogP contribution is 2.22. The van der Waals surface area contributed by atoms with Gasteiger partial charge in [-0.2, -0.15) is 0 Å². The quantitative estimate of drug-likeness (QED) is 0.904. The van der Waals surface area contributed by atoms with E-state index in [1.165, 1.54) is 11.3 Å². The van der Waals surface area contributed by atoms with Crippen LogP contribution in [0, 0.1) is 0 Å². The summed E-state index contributed by atoms with van der Waals surface area (Å²) in [6.07, 6.45) is 0.620. The molecule has 2 rings (SSSR count). The van der Waals surface area contributed by atoms with Crippen molar-refractivity contribution in [1.82, 2.24) is 0 Å². The molecule has 1 heterocycles. The molecule has 0 saturated carbocycles. The lowest BCUT2D eigenvalue weighted by Gasteiger charge is -2.04. The molecule has 5 heteroatoms. The average molecular weight is 282 g/mol. The topological polar surface area (TPSA) is 49.3 Å². The van der Waals surface area contributed by atoms with Crippen molar-refractivity contribution in [1.29, 1.82) is 0 Å². The van der Waals surface area contributed by atoms with Crippen LogP contribution in [0.2, 0.25) is 4.34 Å². The van der Waals surface area contributed by atoms with Crippen LogP contribution >= 0.6 is 22.9 Å². The minimum atomic E-state index is -0.165. The summed E-state index contributed by atoms with van der Waals surface area (Å²) in [6.45, 7) is 0.124.